The monoisotopic (exact) mass is 154 g/mol. The van der Waals surface area contributed by atoms with Crippen LogP contribution < -0.4 is 0 Å². The van der Waals surface area contributed by atoms with E-state index in [0.29, 0.717) is 0 Å². The van der Waals surface area contributed by atoms with Gasteiger partial charge in [-0.25, -0.2) is 0 Å². The average molecular weight is 154 g/mol. The number of hydrogen-bond acceptors (Lipinski definition) is 0. The molecule has 0 aromatic carbocycles. The molecule has 0 amide bonds. The molecule has 3 aliphatic rings. The molecular formula is C9H15P. The van der Waals surface area contributed by atoms with Crippen LogP contribution in [0.5, 0.6) is 0 Å². The van der Waals surface area contributed by atoms with Gasteiger partial charge in [-0.2, -0.15) is 0 Å². The highest BCUT2D eigenvalue weighted by Crippen LogP contribution is 2.71. The highest BCUT2D eigenvalue weighted by atomic mass is 31.1. The van der Waals surface area contributed by atoms with E-state index in [1.165, 1.54) is 19.9 Å². The Kier molecular flexibility index (Phi) is 1.07. The lowest BCUT2D eigenvalue weighted by molar-refractivity contribution is 0.290. The van der Waals surface area contributed by atoms with E-state index in [2.05, 4.69) is 0 Å². The molecule has 0 nitrogen and oxygen atoms in total. The smallest absolute Gasteiger partial charge is 0.0167 e. The van der Waals surface area contributed by atoms with E-state index in [0.717, 1.165) is 5.41 Å². The van der Waals surface area contributed by atoms with Crippen LogP contribution in [0.1, 0.15) is 38.5 Å². The lowest BCUT2D eigenvalue weighted by atomic mass is 9.82. The predicted molar refractivity (Wildman–Crippen MR) is 46.0 cm³/mol. The summed E-state index contributed by atoms with van der Waals surface area (Å²) in [6.07, 6.45) is 9.52. The Balaban J connectivity index is 1.95. The van der Waals surface area contributed by atoms with Crippen molar-refractivity contribution in [3.8, 4) is 0 Å². The summed E-state index contributed by atoms with van der Waals surface area (Å²) in [6.45, 7) is 0. The molecule has 3 fully saturated rings. The van der Waals surface area contributed by atoms with Crippen molar-refractivity contribution in [3.05, 3.63) is 0 Å². The Labute approximate surface area is 64.6 Å². The molecule has 1 aliphatic heterocycles. The predicted octanol–water partition coefficient (Wildman–Crippen LogP) is 2.77. The largest absolute Gasteiger partial charge is 0.115 e. The normalized spacial score (nSPS) is 60.0. The summed E-state index contributed by atoms with van der Waals surface area (Å²) in [5, 5.41) is 0. The Morgan fingerprint density at radius 3 is 2.10 bits per heavy atom. The SMILES string of the molecule is C1CC2PC3CCCC23C1. The molecular weight excluding hydrogens is 139 g/mol. The Morgan fingerprint density at radius 2 is 1.60 bits per heavy atom. The molecule has 3 rings (SSSR count). The zero-order valence-electron chi connectivity index (χ0n) is 6.40. The summed E-state index contributed by atoms with van der Waals surface area (Å²) >= 11 is 0. The van der Waals surface area contributed by atoms with Gasteiger partial charge < -0.3 is 0 Å². The van der Waals surface area contributed by atoms with E-state index in [1.807, 2.05) is 0 Å². The van der Waals surface area contributed by atoms with Gasteiger partial charge in [0.05, 0.1) is 0 Å². The van der Waals surface area contributed by atoms with Crippen LogP contribution in [0.2, 0.25) is 0 Å². The molecule has 1 heteroatoms. The van der Waals surface area contributed by atoms with Crippen molar-refractivity contribution in [2.75, 3.05) is 0 Å². The molecule has 0 bridgehead atoms. The molecule has 2 unspecified atom stereocenters. The van der Waals surface area contributed by atoms with Crippen molar-refractivity contribution in [2.45, 2.75) is 49.8 Å². The minimum atomic E-state index is 0.957. The van der Waals surface area contributed by atoms with Gasteiger partial charge in [-0.05, 0) is 42.4 Å². The summed E-state index contributed by atoms with van der Waals surface area (Å²) in [4.78, 5) is 0. The van der Waals surface area contributed by atoms with Crippen LogP contribution in [-0.4, -0.2) is 11.3 Å². The van der Waals surface area contributed by atoms with E-state index in [9.17, 15) is 0 Å². The second-order valence-corrected chi connectivity index (χ2v) is 6.02. The minimum Gasteiger partial charge on any atom is -0.115 e. The van der Waals surface area contributed by atoms with Crippen LogP contribution in [0, 0.1) is 5.41 Å². The third kappa shape index (κ3) is 0.503. The third-order valence-electron chi connectivity index (χ3n) is 4.06. The molecule has 10 heavy (non-hydrogen) atoms. The Bertz CT molecular complexity index is 146. The zero-order chi connectivity index (χ0) is 6.60. The maximum Gasteiger partial charge on any atom is -0.0167 e. The molecule has 2 atom stereocenters. The molecule has 1 spiro atoms. The van der Waals surface area contributed by atoms with Gasteiger partial charge in [0.15, 0.2) is 0 Å². The van der Waals surface area contributed by atoms with Crippen LogP contribution in [0.4, 0.5) is 0 Å². The van der Waals surface area contributed by atoms with Gasteiger partial charge in [0.1, 0.15) is 0 Å². The van der Waals surface area contributed by atoms with E-state index >= 15 is 0 Å². The van der Waals surface area contributed by atoms with Gasteiger partial charge >= 0.3 is 0 Å². The zero-order valence-corrected chi connectivity index (χ0v) is 7.40. The molecule has 2 saturated carbocycles. The van der Waals surface area contributed by atoms with Crippen molar-refractivity contribution < 1.29 is 0 Å². The maximum absolute atomic E-state index is 1.61. The highest BCUT2D eigenvalue weighted by molar-refractivity contribution is 7.42. The maximum atomic E-state index is 1.61. The van der Waals surface area contributed by atoms with E-state index in [4.69, 9.17) is 0 Å². The summed E-state index contributed by atoms with van der Waals surface area (Å²) in [5.74, 6) is 0. The fourth-order valence-electron chi connectivity index (χ4n) is 3.56. The molecule has 1 saturated heterocycles. The third-order valence-corrected chi connectivity index (χ3v) is 6.59. The first kappa shape index (κ1) is 6.00. The standard InChI is InChI=1S/C9H15P/c1-3-7-9(5-1)6-2-4-8(9)10-7/h7-8,10H,1-6H2. The fourth-order valence-corrected chi connectivity index (χ4v) is 6.15. The molecule has 0 radical (unpaired) electrons. The first-order valence-corrected chi connectivity index (χ1v) is 5.83. The lowest BCUT2D eigenvalue weighted by Gasteiger charge is -2.49. The Hall–Kier alpha value is 0.430. The van der Waals surface area contributed by atoms with E-state index < -0.39 is 0 Å². The summed E-state index contributed by atoms with van der Waals surface area (Å²) in [6, 6.07) is 0. The van der Waals surface area contributed by atoms with Crippen LogP contribution >= 0.6 is 8.58 Å². The van der Waals surface area contributed by atoms with Gasteiger partial charge in [-0.1, -0.05) is 12.8 Å². The molecule has 0 N–H and O–H groups in total. The molecule has 1 heterocycles. The van der Waals surface area contributed by atoms with Crippen molar-refractivity contribution in [1.82, 2.24) is 0 Å². The van der Waals surface area contributed by atoms with Crippen LogP contribution in [0.3, 0.4) is 0 Å². The quantitative estimate of drug-likeness (QED) is 0.470. The number of rotatable bonds is 0. The Morgan fingerprint density at radius 1 is 1.00 bits per heavy atom. The lowest BCUT2D eigenvalue weighted by Crippen LogP contribution is -2.42. The summed E-state index contributed by atoms with van der Waals surface area (Å²) < 4.78 is 0. The second-order valence-electron chi connectivity index (χ2n) is 4.29. The molecule has 0 aromatic heterocycles. The van der Waals surface area contributed by atoms with E-state index in [1.54, 1.807) is 38.5 Å². The van der Waals surface area contributed by atoms with E-state index in [-0.39, 0.29) is 0 Å². The number of hydrogen-bond donors (Lipinski definition) is 0. The first-order chi connectivity index (χ1) is 4.92. The van der Waals surface area contributed by atoms with Crippen molar-refractivity contribution in [1.29, 1.82) is 0 Å². The molecule has 0 aromatic rings. The topological polar surface area (TPSA) is 0 Å². The minimum absolute atomic E-state index is 0.957. The summed E-state index contributed by atoms with van der Waals surface area (Å²) in [5.41, 5.74) is 3.40. The molecule has 2 aliphatic carbocycles. The van der Waals surface area contributed by atoms with Gasteiger partial charge in [0, 0.05) is 0 Å². The van der Waals surface area contributed by atoms with Crippen LogP contribution in [0.25, 0.3) is 0 Å². The van der Waals surface area contributed by atoms with Crippen LogP contribution in [0.15, 0.2) is 0 Å². The average Bonchev–Trinajstić information content (AvgIpc) is 2.41. The van der Waals surface area contributed by atoms with Gasteiger partial charge in [-0.3, -0.25) is 0 Å². The summed E-state index contributed by atoms with van der Waals surface area (Å²) in [7, 11) is 1.38. The van der Waals surface area contributed by atoms with Gasteiger partial charge in [-0.15, -0.1) is 8.58 Å². The first-order valence-electron chi connectivity index (χ1n) is 4.68. The van der Waals surface area contributed by atoms with Gasteiger partial charge in [0.25, 0.3) is 0 Å². The molecule has 56 valence electrons. The second kappa shape index (κ2) is 1.78. The van der Waals surface area contributed by atoms with Crippen molar-refractivity contribution in [2.24, 2.45) is 5.41 Å². The van der Waals surface area contributed by atoms with Crippen LogP contribution in [-0.2, 0) is 0 Å². The van der Waals surface area contributed by atoms with Gasteiger partial charge in [0.2, 0.25) is 0 Å². The van der Waals surface area contributed by atoms with Crippen molar-refractivity contribution in [3.63, 3.8) is 0 Å². The van der Waals surface area contributed by atoms with Crippen molar-refractivity contribution >= 4 is 8.58 Å². The highest BCUT2D eigenvalue weighted by Gasteiger charge is 2.58. The fraction of sp³-hybridized carbons (Fsp3) is 1.00.